The van der Waals surface area contributed by atoms with Crippen LogP contribution in [0.4, 0.5) is 0 Å². The molecule has 1 N–H and O–H groups in total. The lowest BCUT2D eigenvalue weighted by Gasteiger charge is -2.32. The van der Waals surface area contributed by atoms with Crippen molar-refractivity contribution < 1.29 is 14.6 Å². The molecule has 1 unspecified atom stereocenters. The van der Waals surface area contributed by atoms with Crippen LogP contribution in [0.5, 0.6) is 11.5 Å². The molecule has 0 aromatic heterocycles. The SMILES string of the molecule is Cc1ccc2c(c1)OC(O)(CCl)CO2. The van der Waals surface area contributed by atoms with E-state index in [0.717, 1.165) is 5.56 Å². The molecule has 1 atom stereocenters. The highest BCUT2D eigenvalue weighted by Gasteiger charge is 2.34. The van der Waals surface area contributed by atoms with Gasteiger partial charge in [0, 0.05) is 0 Å². The Balaban J connectivity index is 2.33. The number of alkyl halides is 1. The summed E-state index contributed by atoms with van der Waals surface area (Å²) in [6.07, 6.45) is 0. The average molecular weight is 215 g/mol. The summed E-state index contributed by atoms with van der Waals surface area (Å²) in [5, 5.41) is 9.74. The second kappa shape index (κ2) is 3.33. The van der Waals surface area contributed by atoms with E-state index in [2.05, 4.69) is 0 Å². The van der Waals surface area contributed by atoms with Gasteiger partial charge in [-0.05, 0) is 24.6 Å². The molecule has 0 amide bonds. The normalized spacial score (nSPS) is 24.8. The van der Waals surface area contributed by atoms with Crippen LogP contribution in [0.25, 0.3) is 0 Å². The Bertz CT molecular complexity index is 353. The van der Waals surface area contributed by atoms with Crippen LogP contribution in [0.2, 0.25) is 0 Å². The van der Waals surface area contributed by atoms with Crippen molar-refractivity contribution in [3.05, 3.63) is 23.8 Å². The lowest BCUT2D eigenvalue weighted by atomic mass is 10.2. The molecule has 2 rings (SSSR count). The fraction of sp³-hybridized carbons (Fsp3) is 0.400. The maximum atomic E-state index is 9.74. The van der Waals surface area contributed by atoms with Gasteiger partial charge in [0.05, 0.1) is 5.88 Å². The van der Waals surface area contributed by atoms with Gasteiger partial charge < -0.3 is 14.6 Å². The topological polar surface area (TPSA) is 38.7 Å². The molecule has 14 heavy (non-hydrogen) atoms. The second-order valence-electron chi connectivity index (χ2n) is 3.42. The van der Waals surface area contributed by atoms with Crippen LogP contribution in [0.1, 0.15) is 5.56 Å². The largest absolute Gasteiger partial charge is 0.483 e. The summed E-state index contributed by atoms with van der Waals surface area (Å²) in [4.78, 5) is 0. The maximum Gasteiger partial charge on any atom is 0.256 e. The summed E-state index contributed by atoms with van der Waals surface area (Å²) in [6.45, 7) is 2.00. The summed E-state index contributed by atoms with van der Waals surface area (Å²) >= 11 is 5.57. The molecule has 0 saturated carbocycles. The van der Waals surface area contributed by atoms with Gasteiger partial charge in [0.15, 0.2) is 18.1 Å². The van der Waals surface area contributed by atoms with Crippen molar-refractivity contribution in [3.8, 4) is 11.5 Å². The van der Waals surface area contributed by atoms with Crippen LogP contribution in [0.15, 0.2) is 18.2 Å². The highest BCUT2D eigenvalue weighted by molar-refractivity contribution is 6.18. The van der Waals surface area contributed by atoms with Crippen LogP contribution < -0.4 is 9.47 Å². The number of aliphatic hydroxyl groups is 1. The summed E-state index contributed by atoms with van der Waals surface area (Å²) in [7, 11) is 0. The first-order valence-electron chi connectivity index (χ1n) is 4.34. The first-order chi connectivity index (χ1) is 6.63. The highest BCUT2D eigenvalue weighted by Crippen LogP contribution is 2.35. The monoisotopic (exact) mass is 214 g/mol. The van der Waals surface area contributed by atoms with Gasteiger partial charge >= 0.3 is 0 Å². The van der Waals surface area contributed by atoms with Gasteiger partial charge in [-0.2, -0.15) is 0 Å². The van der Waals surface area contributed by atoms with Crippen molar-refractivity contribution in [2.24, 2.45) is 0 Å². The minimum atomic E-state index is -1.40. The van der Waals surface area contributed by atoms with Crippen LogP contribution in [0.3, 0.4) is 0 Å². The van der Waals surface area contributed by atoms with Crippen LogP contribution >= 0.6 is 11.6 Å². The average Bonchev–Trinajstić information content (AvgIpc) is 2.17. The molecule has 76 valence electrons. The number of hydrogen-bond donors (Lipinski definition) is 1. The van der Waals surface area contributed by atoms with Gasteiger partial charge in [0.1, 0.15) is 0 Å². The van der Waals surface area contributed by atoms with Gasteiger partial charge in [-0.15, -0.1) is 11.6 Å². The van der Waals surface area contributed by atoms with E-state index in [1.54, 1.807) is 0 Å². The summed E-state index contributed by atoms with van der Waals surface area (Å²) in [5.41, 5.74) is 1.05. The predicted molar refractivity (Wildman–Crippen MR) is 53.0 cm³/mol. The maximum absolute atomic E-state index is 9.74. The van der Waals surface area contributed by atoms with Crippen LogP contribution in [-0.4, -0.2) is 23.4 Å². The van der Waals surface area contributed by atoms with E-state index in [-0.39, 0.29) is 12.5 Å². The molecule has 0 saturated heterocycles. The fourth-order valence-electron chi connectivity index (χ4n) is 1.30. The molecule has 0 aliphatic carbocycles. The molecular weight excluding hydrogens is 204 g/mol. The fourth-order valence-corrected chi connectivity index (χ4v) is 1.44. The standard InChI is InChI=1S/C10H11ClO3/c1-7-2-3-8-9(4-7)14-10(12,5-11)6-13-8/h2-4,12H,5-6H2,1H3. The first kappa shape index (κ1) is 9.62. The molecular formula is C10H11ClO3. The van der Waals surface area contributed by atoms with E-state index in [9.17, 15) is 5.11 Å². The molecule has 0 bridgehead atoms. The molecule has 1 aliphatic rings. The van der Waals surface area contributed by atoms with Crippen molar-refractivity contribution in [2.45, 2.75) is 12.7 Å². The Labute approximate surface area is 87.2 Å². The number of aryl methyl sites for hydroxylation is 1. The Morgan fingerprint density at radius 3 is 3.00 bits per heavy atom. The molecule has 4 heteroatoms. The van der Waals surface area contributed by atoms with Gasteiger partial charge in [0.25, 0.3) is 5.79 Å². The predicted octanol–water partition coefficient (Wildman–Crippen LogP) is 1.69. The van der Waals surface area contributed by atoms with Crippen molar-refractivity contribution in [2.75, 3.05) is 12.5 Å². The minimum Gasteiger partial charge on any atom is -0.483 e. The van der Waals surface area contributed by atoms with Gasteiger partial charge in [-0.1, -0.05) is 6.07 Å². The third-order valence-electron chi connectivity index (χ3n) is 2.06. The van der Waals surface area contributed by atoms with Gasteiger partial charge in [0.2, 0.25) is 0 Å². The van der Waals surface area contributed by atoms with E-state index >= 15 is 0 Å². The van der Waals surface area contributed by atoms with Crippen molar-refractivity contribution in [3.63, 3.8) is 0 Å². The van der Waals surface area contributed by atoms with E-state index in [1.807, 2.05) is 25.1 Å². The number of benzene rings is 1. The zero-order valence-corrected chi connectivity index (χ0v) is 8.54. The Hall–Kier alpha value is -0.930. The van der Waals surface area contributed by atoms with E-state index in [4.69, 9.17) is 21.1 Å². The zero-order chi connectivity index (χ0) is 10.2. The number of halogens is 1. The smallest absolute Gasteiger partial charge is 0.256 e. The first-order valence-corrected chi connectivity index (χ1v) is 4.87. The van der Waals surface area contributed by atoms with Crippen LogP contribution in [0, 0.1) is 6.92 Å². The lowest BCUT2D eigenvalue weighted by Crippen LogP contribution is -2.46. The molecule has 0 spiro atoms. The van der Waals surface area contributed by atoms with Gasteiger partial charge in [-0.25, -0.2) is 0 Å². The molecule has 1 aromatic rings. The van der Waals surface area contributed by atoms with E-state index < -0.39 is 5.79 Å². The molecule has 1 aromatic carbocycles. The van der Waals surface area contributed by atoms with E-state index in [0.29, 0.717) is 11.5 Å². The van der Waals surface area contributed by atoms with Crippen molar-refractivity contribution in [1.82, 2.24) is 0 Å². The third-order valence-corrected chi connectivity index (χ3v) is 2.48. The van der Waals surface area contributed by atoms with Crippen LogP contribution in [-0.2, 0) is 0 Å². The molecule has 0 radical (unpaired) electrons. The Kier molecular flexibility index (Phi) is 2.29. The molecule has 0 fully saturated rings. The molecule has 1 aliphatic heterocycles. The molecule has 1 heterocycles. The summed E-state index contributed by atoms with van der Waals surface area (Å²) in [5.74, 6) is -0.229. The Morgan fingerprint density at radius 1 is 1.50 bits per heavy atom. The van der Waals surface area contributed by atoms with E-state index in [1.165, 1.54) is 0 Å². The zero-order valence-electron chi connectivity index (χ0n) is 7.79. The number of ether oxygens (including phenoxy) is 2. The summed E-state index contributed by atoms with van der Waals surface area (Å²) < 4.78 is 10.7. The summed E-state index contributed by atoms with van der Waals surface area (Å²) in [6, 6.07) is 5.55. The van der Waals surface area contributed by atoms with Gasteiger partial charge in [-0.3, -0.25) is 0 Å². The lowest BCUT2D eigenvalue weighted by molar-refractivity contribution is -0.156. The Morgan fingerprint density at radius 2 is 2.29 bits per heavy atom. The minimum absolute atomic E-state index is 0.0135. The van der Waals surface area contributed by atoms with Crippen molar-refractivity contribution in [1.29, 1.82) is 0 Å². The second-order valence-corrected chi connectivity index (χ2v) is 3.69. The number of fused-ring (bicyclic) bond motifs is 1. The number of hydrogen-bond acceptors (Lipinski definition) is 3. The third kappa shape index (κ3) is 1.65. The number of rotatable bonds is 1. The quantitative estimate of drug-likeness (QED) is 0.724. The highest BCUT2D eigenvalue weighted by atomic mass is 35.5. The molecule has 3 nitrogen and oxygen atoms in total. The van der Waals surface area contributed by atoms with Crippen molar-refractivity contribution >= 4 is 11.6 Å².